The van der Waals surface area contributed by atoms with Crippen LogP contribution in [0.2, 0.25) is 0 Å². The molecular formula is C24H38N5O4+. The van der Waals surface area contributed by atoms with Gasteiger partial charge in [0.1, 0.15) is 11.4 Å². The number of fused-ring (bicyclic) bond motifs is 1. The monoisotopic (exact) mass is 460 g/mol. The van der Waals surface area contributed by atoms with E-state index >= 15 is 0 Å². The minimum atomic E-state index is -0.544. The third-order valence-corrected chi connectivity index (χ3v) is 5.85. The van der Waals surface area contributed by atoms with E-state index in [1.54, 1.807) is 9.80 Å². The number of nitrogens with zero attached hydrogens (tertiary/aromatic N) is 4. The fourth-order valence-electron chi connectivity index (χ4n) is 4.37. The van der Waals surface area contributed by atoms with E-state index in [1.807, 2.05) is 39.8 Å². The molecule has 3 rings (SSSR count). The van der Waals surface area contributed by atoms with Gasteiger partial charge in [0.15, 0.2) is 11.0 Å². The van der Waals surface area contributed by atoms with Crippen LogP contribution in [0.25, 0.3) is 11.0 Å². The molecule has 0 aliphatic carbocycles. The van der Waals surface area contributed by atoms with Crippen LogP contribution in [0.5, 0.6) is 5.75 Å². The number of carbonyl (C=O) groups is 2. The van der Waals surface area contributed by atoms with Crippen molar-refractivity contribution >= 4 is 23.0 Å². The minimum absolute atomic E-state index is 0.0922. The average molecular weight is 461 g/mol. The summed E-state index contributed by atoms with van der Waals surface area (Å²) >= 11 is 0. The number of benzene rings is 1. The van der Waals surface area contributed by atoms with Crippen molar-refractivity contribution < 1.29 is 23.6 Å². The fraction of sp³-hybridized carbons (Fsp3) is 0.625. The quantitative estimate of drug-likeness (QED) is 0.669. The summed E-state index contributed by atoms with van der Waals surface area (Å²) in [7, 11) is 0. The van der Waals surface area contributed by atoms with Gasteiger partial charge in [0.05, 0.1) is 31.8 Å². The number of ether oxygens (including phenoxy) is 2. The first-order valence-electron chi connectivity index (χ1n) is 11.8. The van der Waals surface area contributed by atoms with Gasteiger partial charge in [-0.1, -0.05) is 0 Å². The molecule has 182 valence electrons. The highest BCUT2D eigenvalue weighted by atomic mass is 16.6. The summed E-state index contributed by atoms with van der Waals surface area (Å²) in [6.45, 7) is 15.8. The molecule has 0 atom stereocenters. The molecule has 2 amide bonds. The van der Waals surface area contributed by atoms with Crippen molar-refractivity contribution in [2.45, 2.75) is 66.8 Å². The lowest BCUT2D eigenvalue weighted by atomic mass is 10.1. The van der Waals surface area contributed by atoms with Crippen LogP contribution in [0.4, 0.5) is 4.79 Å². The van der Waals surface area contributed by atoms with Crippen LogP contribution in [0, 0.1) is 0 Å². The van der Waals surface area contributed by atoms with Crippen molar-refractivity contribution in [2.75, 3.05) is 32.8 Å². The van der Waals surface area contributed by atoms with Gasteiger partial charge in [-0.15, -0.1) is 0 Å². The maximum Gasteiger partial charge on any atom is 0.410 e. The summed E-state index contributed by atoms with van der Waals surface area (Å²) in [5, 5.41) is 0. The third kappa shape index (κ3) is 5.08. The lowest BCUT2D eigenvalue weighted by Crippen LogP contribution is -2.51. The molecule has 2 N–H and O–H groups in total. The Morgan fingerprint density at radius 1 is 1.06 bits per heavy atom. The van der Waals surface area contributed by atoms with Crippen LogP contribution in [-0.4, -0.2) is 64.8 Å². The summed E-state index contributed by atoms with van der Waals surface area (Å²) in [5.41, 5.74) is 8.04. The first-order valence-corrected chi connectivity index (χ1v) is 11.8. The Morgan fingerprint density at radius 2 is 1.70 bits per heavy atom. The maximum absolute atomic E-state index is 13.5. The Morgan fingerprint density at radius 3 is 2.21 bits per heavy atom. The van der Waals surface area contributed by atoms with E-state index in [4.69, 9.17) is 15.2 Å². The van der Waals surface area contributed by atoms with E-state index in [9.17, 15) is 9.59 Å². The van der Waals surface area contributed by atoms with Crippen molar-refractivity contribution in [3.8, 4) is 5.75 Å². The van der Waals surface area contributed by atoms with Crippen LogP contribution in [0.3, 0.4) is 0 Å². The zero-order chi connectivity index (χ0) is 24.3. The largest absolute Gasteiger partial charge is 0.493 e. The van der Waals surface area contributed by atoms with E-state index in [1.165, 1.54) is 0 Å². The van der Waals surface area contributed by atoms with Crippen LogP contribution < -0.4 is 15.0 Å². The molecule has 1 aliphatic rings. The zero-order valence-corrected chi connectivity index (χ0v) is 20.8. The molecule has 9 heteroatoms. The van der Waals surface area contributed by atoms with Crippen molar-refractivity contribution in [1.82, 2.24) is 14.4 Å². The number of rotatable bonds is 6. The summed E-state index contributed by atoms with van der Waals surface area (Å²) in [5.74, 6) is 1.50. The Balaban J connectivity index is 1.90. The average Bonchev–Trinajstić information content (AvgIpc) is 3.08. The van der Waals surface area contributed by atoms with Gasteiger partial charge in [-0.2, -0.15) is 0 Å². The van der Waals surface area contributed by atoms with E-state index < -0.39 is 5.60 Å². The highest BCUT2D eigenvalue weighted by Crippen LogP contribution is 2.28. The third-order valence-electron chi connectivity index (χ3n) is 5.85. The van der Waals surface area contributed by atoms with Crippen LogP contribution >= 0.6 is 0 Å². The van der Waals surface area contributed by atoms with Crippen molar-refractivity contribution in [3.63, 3.8) is 0 Å². The predicted molar refractivity (Wildman–Crippen MR) is 126 cm³/mol. The number of nitrogens with two attached hydrogens (primary N) is 1. The van der Waals surface area contributed by atoms with Gasteiger partial charge in [0.2, 0.25) is 0 Å². The predicted octanol–water partition coefficient (Wildman–Crippen LogP) is 2.52. The molecule has 0 radical (unpaired) electrons. The molecule has 9 nitrogen and oxygen atoms in total. The van der Waals surface area contributed by atoms with E-state index in [2.05, 4.69) is 23.0 Å². The molecule has 1 aromatic heterocycles. The first-order chi connectivity index (χ1) is 15.6. The molecule has 1 fully saturated rings. The van der Waals surface area contributed by atoms with Gasteiger partial charge >= 0.3 is 6.09 Å². The topological polar surface area (TPSA) is 93.9 Å². The number of aryl methyl sites for hydroxylation is 2. The fourth-order valence-corrected chi connectivity index (χ4v) is 4.37. The normalized spacial score (nSPS) is 14.6. The highest BCUT2D eigenvalue weighted by molar-refractivity contribution is 6.00. The smallest absolute Gasteiger partial charge is 0.410 e. The molecule has 33 heavy (non-hydrogen) atoms. The zero-order valence-electron chi connectivity index (χ0n) is 20.8. The molecular weight excluding hydrogens is 422 g/mol. The molecule has 1 aromatic carbocycles. The van der Waals surface area contributed by atoms with Crippen LogP contribution in [-0.2, 0) is 24.4 Å². The standard InChI is InChI=1S/C24H38N5O4/c1-7-28-18-14-17(20(32-9-3)15-19(18)29(8-2)21(28)16-25)22(30)26-10-12-27(13-11-26)23(31)33-24(4,5)6/h14-15H,7-13,16,25H2,1-6H3/q+1. The number of amides is 2. The van der Waals surface area contributed by atoms with Gasteiger partial charge in [-0.05, 0) is 41.5 Å². The Labute approximate surface area is 196 Å². The number of hydrogen-bond donors (Lipinski definition) is 1. The molecule has 1 saturated heterocycles. The number of piperazine rings is 1. The second-order valence-corrected chi connectivity index (χ2v) is 9.14. The second-order valence-electron chi connectivity index (χ2n) is 9.14. The number of carbonyl (C=O) groups excluding carboxylic acids is 2. The minimum Gasteiger partial charge on any atom is -0.493 e. The maximum atomic E-state index is 13.5. The lowest BCUT2D eigenvalue weighted by Gasteiger charge is -2.35. The Bertz CT molecular complexity index is 1020. The first kappa shape index (κ1) is 24.8. The van der Waals surface area contributed by atoms with Crippen LogP contribution in [0.1, 0.15) is 57.7 Å². The Kier molecular flexibility index (Phi) is 7.51. The van der Waals surface area contributed by atoms with Gasteiger partial charge in [0, 0.05) is 38.3 Å². The number of imidazole rings is 1. The molecule has 2 heterocycles. The van der Waals surface area contributed by atoms with Crippen LogP contribution in [0.15, 0.2) is 12.1 Å². The van der Waals surface area contributed by atoms with Crippen molar-refractivity contribution in [1.29, 1.82) is 0 Å². The van der Waals surface area contributed by atoms with Crippen molar-refractivity contribution in [3.05, 3.63) is 23.5 Å². The molecule has 1 aliphatic heterocycles. The Hall–Kier alpha value is -2.81. The van der Waals surface area contributed by atoms with Gasteiger partial charge < -0.3 is 25.0 Å². The van der Waals surface area contributed by atoms with Gasteiger partial charge in [-0.3, -0.25) is 4.79 Å². The molecule has 0 unspecified atom stereocenters. The van der Waals surface area contributed by atoms with E-state index in [0.717, 1.165) is 29.9 Å². The summed E-state index contributed by atoms with van der Waals surface area (Å²) < 4.78 is 15.7. The second kappa shape index (κ2) is 9.99. The molecule has 0 spiro atoms. The lowest BCUT2D eigenvalue weighted by molar-refractivity contribution is -0.676. The molecule has 0 bridgehead atoms. The molecule has 0 saturated carbocycles. The SMILES string of the molecule is CCOc1cc2c(cc1C(=O)N1CCN(C(=O)OC(C)(C)C)CC1)[n+](CC)c(CN)n2CC. The number of aromatic nitrogens is 2. The van der Waals surface area contributed by atoms with E-state index in [-0.39, 0.29) is 12.0 Å². The summed E-state index contributed by atoms with van der Waals surface area (Å²) in [4.78, 5) is 29.4. The van der Waals surface area contributed by atoms with Gasteiger partial charge in [0.25, 0.3) is 11.7 Å². The van der Waals surface area contributed by atoms with Gasteiger partial charge in [-0.25, -0.2) is 13.9 Å². The molecule has 2 aromatic rings. The summed E-state index contributed by atoms with van der Waals surface area (Å²) in [6.07, 6.45) is -0.342. The highest BCUT2D eigenvalue weighted by Gasteiger charge is 2.31. The summed E-state index contributed by atoms with van der Waals surface area (Å²) in [6, 6.07) is 3.88. The van der Waals surface area contributed by atoms with Crippen molar-refractivity contribution in [2.24, 2.45) is 5.73 Å². The van der Waals surface area contributed by atoms with E-state index in [0.29, 0.717) is 50.6 Å². The number of hydrogen-bond acceptors (Lipinski definition) is 5.